The lowest BCUT2D eigenvalue weighted by Gasteiger charge is -2.31. The summed E-state index contributed by atoms with van der Waals surface area (Å²) in [6.45, 7) is 11.0. The fourth-order valence-corrected chi connectivity index (χ4v) is 9.91. The molecule has 0 saturated carbocycles. The van der Waals surface area contributed by atoms with Gasteiger partial charge in [-0.25, -0.2) is 22.6 Å². The van der Waals surface area contributed by atoms with E-state index < -0.39 is 72.3 Å². The summed E-state index contributed by atoms with van der Waals surface area (Å²) in [5, 5.41) is 14.6. The molecule has 3 aromatic rings. The summed E-state index contributed by atoms with van der Waals surface area (Å²) in [5.74, 6) is 0.105. The second-order valence-corrected chi connectivity index (χ2v) is 20.2. The molecule has 1 unspecified atom stereocenters. The lowest BCUT2D eigenvalue weighted by Crippen LogP contribution is -2.51. The van der Waals surface area contributed by atoms with Crippen molar-refractivity contribution in [2.75, 3.05) is 39.8 Å². The minimum absolute atomic E-state index is 0.0226. The molecule has 0 aromatic heterocycles. The fraction of sp³-hybridized carbons (Fsp3) is 0.535. The number of ether oxygens (including phenoxy) is 6. The highest BCUT2D eigenvalue weighted by molar-refractivity contribution is 7.89. The molecular weight excluding hydrogens is 832 g/mol. The molecule has 61 heavy (non-hydrogen) atoms. The summed E-state index contributed by atoms with van der Waals surface area (Å²) in [4.78, 5) is 26.4. The number of alkyl carbamates (subject to hydrolysis) is 1. The quantitative estimate of drug-likeness (QED) is 0.0864. The van der Waals surface area contributed by atoms with Gasteiger partial charge < -0.3 is 43.4 Å². The Morgan fingerprint density at radius 1 is 0.951 bits per heavy atom. The highest BCUT2D eigenvalue weighted by atomic mass is 32.2. The van der Waals surface area contributed by atoms with Crippen LogP contribution >= 0.6 is 7.60 Å². The lowest BCUT2D eigenvalue weighted by atomic mass is 10.0. The van der Waals surface area contributed by atoms with Crippen molar-refractivity contribution in [3.8, 4) is 17.2 Å². The molecule has 2 fully saturated rings. The average Bonchev–Trinajstić information content (AvgIpc) is 3.84. The van der Waals surface area contributed by atoms with Gasteiger partial charge in [0.05, 0.1) is 43.3 Å². The molecule has 0 aliphatic carbocycles. The van der Waals surface area contributed by atoms with Crippen LogP contribution in [0.1, 0.15) is 59.9 Å². The van der Waals surface area contributed by atoms with Gasteiger partial charge in [-0.2, -0.15) is 4.31 Å². The van der Waals surface area contributed by atoms with Crippen LogP contribution in [0.25, 0.3) is 0 Å². The molecule has 2 aliphatic heterocycles. The smallest absolute Gasteiger partial charge is 0.417 e. The number of carbonyl (C=O) groups is 2. The van der Waals surface area contributed by atoms with Gasteiger partial charge in [0.2, 0.25) is 16.4 Å². The highest BCUT2D eigenvalue weighted by Crippen LogP contribution is 2.50. The van der Waals surface area contributed by atoms with Gasteiger partial charge in [-0.1, -0.05) is 51.1 Å². The number of methoxy groups -OCH3 is 1. The number of nitrogens with zero attached hydrogens (tertiary/aromatic N) is 1. The van der Waals surface area contributed by atoms with Gasteiger partial charge >= 0.3 is 19.7 Å². The number of nitrogens with one attached hydrogen (secondary N) is 1. The van der Waals surface area contributed by atoms with Gasteiger partial charge in [-0.05, 0) is 100 Å². The zero-order chi connectivity index (χ0) is 44.4. The third-order valence-electron chi connectivity index (χ3n) is 9.75. The van der Waals surface area contributed by atoms with Crippen LogP contribution in [0.3, 0.4) is 0 Å². The molecule has 0 bridgehead atoms. The van der Waals surface area contributed by atoms with E-state index in [0.29, 0.717) is 24.3 Å². The highest BCUT2D eigenvalue weighted by Gasteiger charge is 2.44. The second kappa shape index (κ2) is 21.2. The number of hydrogen-bond donors (Lipinski definition) is 2. The van der Waals surface area contributed by atoms with Crippen molar-refractivity contribution in [1.82, 2.24) is 9.62 Å². The molecule has 2 saturated heterocycles. The second-order valence-electron chi connectivity index (χ2n) is 16.4. The number of hydrogen-bond acceptors (Lipinski definition) is 14. The van der Waals surface area contributed by atoms with E-state index >= 15 is 0 Å². The van der Waals surface area contributed by atoms with Crippen LogP contribution in [0.4, 0.5) is 4.79 Å². The Balaban J connectivity index is 1.33. The molecule has 16 nitrogen and oxygen atoms in total. The number of para-hydroxylation sites is 1. The van der Waals surface area contributed by atoms with Crippen molar-refractivity contribution >= 4 is 29.7 Å². The molecule has 2 N–H and O–H groups in total. The van der Waals surface area contributed by atoms with E-state index in [1.54, 1.807) is 94.4 Å². The first-order chi connectivity index (χ1) is 28.9. The SMILES string of the molecule is CC[C@H](OP(=O)(COc1ccc(C[C@H](NC(=O)O[C@H]2CO[C@H]3OCC[C@H]32)[C@H](O)CN(CC(C)C)S(=O)(=O)c2ccc(OC)cc2)cc1)Oc1ccccc1)C(=O)OC(C)(C)C. The maximum absolute atomic E-state index is 14.2. The minimum Gasteiger partial charge on any atom is -0.497 e. The molecule has 2 heterocycles. The van der Waals surface area contributed by atoms with Crippen LogP contribution < -0.4 is 19.3 Å². The van der Waals surface area contributed by atoms with Crippen LogP contribution in [0.2, 0.25) is 0 Å². The van der Waals surface area contributed by atoms with Gasteiger partial charge in [-0.3, -0.25) is 4.52 Å². The Hall–Kier alpha value is -4.22. The van der Waals surface area contributed by atoms with Crippen LogP contribution in [0.15, 0.2) is 83.8 Å². The molecule has 1 amide bonds. The van der Waals surface area contributed by atoms with Gasteiger partial charge in [0.15, 0.2) is 12.4 Å². The number of rotatable bonds is 21. The first kappa shape index (κ1) is 47.8. The van der Waals surface area contributed by atoms with Gasteiger partial charge in [0, 0.05) is 13.1 Å². The number of carbonyl (C=O) groups excluding carboxylic acids is 2. The molecule has 3 aromatic carbocycles. The predicted octanol–water partition coefficient (Wildman–Crippen LogP) is 6.55. The van der Waals surface area contributed by atoms with E-state index in [-0.39, 0.29) is 60.8 Å². The van der Waals surface area contributed by atoms with E-state index in [1.165, 1.54) is 23.5 Å². The zero-order valence-electron chi connectivity index (χ0n) is 35.8. The Morgan fingerprint density at radius 2 is 1.62 bits per heavy atom. The normalized spacial score (nSPS) is 20.3. The molecule has 5 rings (SSSR count). The van der Waals surface area contributed by atoms with Crippen LogP contribution in [0, 0.1) is 11.8 Å². The molecule has 0 spiro atoms. The van der Waals surface area contributed by atoms with Crippen molar-refractivity contribution in [2.45, 2.75) is 102 Å². The monoisotopic (exact) mass is 890 g/mol. The van der Waals surface area contributed by atoms with E-state index in [4.69, 9.17) is 37.5 Å². The number of esters is 1. The lowest BCUT2D eigenvalue weighted by molar-refractivity contribution is -0.163. The van der Waals surface area contributed by atoms with Crippen LogP contribution in [-0.2, 0) is 49.3 Å². The fourth-order valence-electron chi connectivity index (χ4n) is 6.76. The van der Waals surface area contributed by atoms with Crippen molar-refractivity contribution in [3.05, 3.63) is 84.4 Å². The first-order valence-electron chi connectivity index (χ1n) is 20.4. The number of fused-ring (bicyclic) bond motifs is 1. The van der Waals surface area contributed by atoms with Crippen LogP contribution in [0.5, 0.6) is 17.2 Å². The summed E-state index contributed by atoms with van der Waals surface area (Å²) < 4.78 is 88.5. The largest absolute Gasteiger partial charge is 0.497 e. The number of aliphatic hydroxyl groups excluding tert-OH is 1. The first-order valence-corrected chi connectivity index (χ1v) is 23.5. The number of aliphatic hydroxyl groups is 1. The molecule has 18 heteroatoms. The Morgan fingerprint density at radius 3 is 2.25 bits per heavy atom. The maximum Gasteiger partial charge on any atom is 0.417 e. The molecule has 2 aliphatic rings. The maximum atomic E-state index is 14.2. The van der Waals surface area contributed by atoms with Gasteiger partial charge in [0.25, 0.3) is 0 Å². The minimum atomic E-state index is -4.14. The van der Waals surface area contributed by atoms with E-state index in [9.17, 15) is 27.7 Å². The summed E-state index contributed by atoms with van der Waals surface area (Å²) in [6, 6.07) is 19.9. The van der Waals surface area contributed by atoms with Crippen molar-refractivity contribution < 1.29 is 65.1 Å². The summed E-state index contributed by atoms with van der Waals surface area (Å²) in [5.41, 5.74) is -0.169. The van der Waals surface area contributed by atoms with E-state index in [1.807, 2.05) is 13.8 Å². The van der Waals surface area contributed by atoms with Crippen molar-refractivity contribution in [3.63, 3.8) is 0 Å². The number of sulfonamides is 1. The van der Waals surface area contributed by atoms with Crippen LogP contribution in [-0.4, -0.2) is 106 Å². The molecule has 0 radical (unpaired) electrons. The molecule has 7 atom stereocenters. The number of benzene rings is 3. The van der Waals surface area contributed by atoms with Gasteiger partial charge in [0.1, 0.15) is 29.0 Å². The third kappa shape index (κ3) is 13.9. The van der Waals surface area contributed by atoms with Crippen molar-refractivity contribution in [1.29, 1.82) is 0 Å². The van der Waals surface area contributed by atoms with E-state index in [2.05, 4.69) is 5.32 Å². The summed E-state index contributed by atoms with van der Waals surface area (Å²) >= 11 is 0. The third-order valence-corrected chi connectivity index (χ3v) is 13.1. The zero-order valence-corrected chi connectivity index (χ0v) is 37.5. The Bertz CT molecular complexity index is 2030. The molecular formula is C43H59N2O14PS. The topological polar surface area (TPSA) is 195 Å². The Labute approximate surface area is 358 Å². The summed E-state index contributed by atoms with van der Waals surface area (Å²) in [7, 11) is -6.75. The van der Waals surface area contributed by atoms with Crippen molar-refractivity contribution in [2.24, 2.45) is 11.8 Å². The predicted molar refractivity (Wildman–Crippen MR) is 225 cm³/mol. The standard InChI is InChI=1S/C43H59N2O14PS/c1-8-38(40(47)57-43(4,5)6)59-60(49,58-33-12-10-9-11-13-33)28-55-32-16-14-30(15-17-32)24-36(44-42(48)56-39-27-54-41-35(39)22-23-53-41)37(46)26-45(25-29(2)3)61(50,51)34-20-18-31(52-7)19-21-34/h9-21,29,35-39,41,46H,8,22-28H2,1-7H3,(H,44,48)/t35-,36-,37+,38-,39-,41+,60?/m0/s1. The molecule has 336 valence electrons. The van der Waals surface area contributed by atoms with E-state index in [0.717, 1.165) is 0 Å². The Kier molecular flexibility index (Phi) is 16.6. The van der Waals surface area contributed by atoms with Gasteiger partial charge in [-0.15, -0.1) is 0 Å². The summed E-state index contributed by atoms with van der Waals surface area (Å²) in [6.07, 6.45) is -4.07. The average molecular weight is 891 g/mol. The number of amides is 1.